The van der Waals surface area contributed by atoms with Crippen LogP contribution >= 0.6 is 0 Å². The molecule has 0 amide bonds. The second kappa shape index (κ2) is 7.24. The maximum absolute atomic E-state index is 11.1. The largest absolute Gasteiger partial charge is 0.743 e. The molecule has 0 aliphatic rings. The highest BCUT2D eigenvalue weighted by molar-refractivity contribution is 7.86. The SMILES string of the molecule is CC([N+](CCO)(CCO)CCCO)S(=O)(=O)[O-]. The summed E-state index contributed by atoms with van der Waals surface area (Å²) in [7, 11) is -4.52. The van der Waals surface area contributed by atoms with Crippen molar-refractivity contribution in [2.75, 3.05) is 39.5 Å². The minimum Gasteiger partial charge on any atom is -0.743 e. The van der Waals surface area contributed by atoms with Gasteiger partial charge in [0.2, 0.25) is 0 Å². The van der Waals surface area contributed by atoms with Gasteiger partial charge in [-0.15, -0.1) is 0 Å². The molecular formula is C9H21NO6S. The predicted molar refractivity (Wildman–Crippen MR) is 59.9 cm³/mol. The summed E-state index contributed by atoms with van der Waals surface area (Å²) in [6.07, 6.45) is 0.305. The lowest BCUT2D eigenvalue weighted by atomic mass is 10.2. The van der Waals surface area contributed by atoms with Gasteiger partial charge in [-0.05, 0) is 0 Å². The number of hydrogen-bond donors (Lipinski definition) is 3. The summed E-state index contributed by atoms with van der Waals surface area (Å²) in [5.74, 6) is 0. The molecule has 0 aliphatic heterocycles. The molecule has 0 bridgehead atoms. The molecule has 7 nitrogen and oxygen atoms in total. The molecule has 0 aromatic carbocycles. The van der Waals surface area contributed by atoms with Gasteiger partial charge in [0.25, 0.3) is 0 Å². The Morgan fingerprint density at radius 3 is 1.82 bits per heavy atom. The Bertz CT molecular complexity index is 299. The summed E-state index contributed by atoms with van der Waals surface area (Å²) < 4.78 is 33.1. The lowest BCUT2D eigenvalue weighted by molar-refractivity contribution is -0.937. The Morgan fingerprint density at radius 2 is 1.53 bits per heavy atom. The molecule has 0 radical (unpaired) electrons. The minimum absolute atomic E-state index is 0.0587. The van der Waals surface area contributed by atoms with Crippen LogP contribution in [0.15, 0.2) is 0 Å². The van der Waals surface area contributed by atoms with Crippen LogP contribution in [0.3, 0.4) is 0 Å². The van der Waals surface area contributed by atoms with Gasteiger partial charge in [0.05, 0.1) is 19.8 Å². The lowest BCUT2D eigenvalue weighted by Crippen LogP contribution is -2.60. The van der Waals surface area contributed by atoms with Crippen LogP contribution < -0.4 is 0 Å². The molecule has 0 rings (SSSR count). The average Bonchev–Trinajstić information content (AvgIpc) is 2.24. The van der Waals surface area contributed by atoms with Crippen LogP contribution in [0.5, 0.6) is 0 Å². The molecule has 104 valence electrons. The minimum atomic E-state index is -4.52. The number of nitrogens with zero attached hydrogens (tertiary/aromatic N) is 1. The van der Waals surface area contributed by atoms with Crippen LogP contribution in [0.4, 0.5) is 0 Å². The summed E-state index contributed by atoms with van der Waals surface area (Å²) in [5.41, 5.74) is 0. The van der Waals surface area contributed by atoms with E-state index in [9.17, 15) is 13.0 Å². The average molecular weight is 271 g/mol. The molecule has 0 spiro atoms. The van der Waals surface area contributed by atoms with Crippen LogP contribution in [0, 0.1) is 0 Å². The molecule has 0 aromatic rings. The molecule has 0 saturated heterocycles. The van der Waals surface area contributed by atoms with E-state index >= 15 is 0 Å². The lowest BCUT2D eigenvalue weighted by Gasteiger charge is -2.43. The standard InChI is InChI=1S/C9H21NO6S/c1-9(17(14,15)16)10(4-7-12,5-8-13)3-2-6-11/h9,11-13H,2-8H2,1H3. The highest BCUT2D eigenvalue weighted by Crippen LogP contribution is 2.18. The molecule has 0 heterocycles. The van der Waals surface area contributed by atoms with E-state index in [-0.39, 0.29) is 43.9 Å². The summed E-state index contributed by atoms with van der Waals surface area (Å²) in [6, 6.07) is 0. The number of rotatable bonds is 9. The van der Waals surface area contributed by atoms with Crippen LogP contribution in [-0.2, 0) is 10.1 Å². The van der Waals surface area contributed by atoms with E-state index in [1.807, 2.05) is 0 Å². The maximum Gasteiger partial charge on any atom is 0.176 e. The topological polar surface area (TPSA) is 118 Å². The van der Waals surface area contributed by atoms with Gasteiger partial charge in [-0.25, -0.2) is 8.42 Å². The second-order valence-corrected chi connectivity index (χ2v) is 5.67. The van der Waals surface area contributed by atoms with E-state index in [0.717, 1.165) is 0 Å². The summed E-state index contributed by atoms with van der Waals surface area (Å²) in [4.78, 5) is 0. The van der Waals surface area contributed by atoms with Crippen molar-refractivity contribution >= 4 is 10.1 Å². The summed E-state index contributed by atoms with van der Waals surface area (Å²) >= 11 is 0. The van der Waals surface area contributed by atoms with Crippen molar-refractivity contribution in [1.82, 2.24) is 0 Å². The molecule has 1 atom stereocenters. The first kappa shape index (κ1) is 16.8. The fraction of sp³-hybridized carbons (Fsp3) is 1.00. The van der Waals surface area contributed by atoms with Crippen molar-refractivity contribution in [3.05, 3.63) is 0 Å². The van der Waals surface area contributed by atoms with Gasteiger partial charge in [-0.1, -0.05) is 0 Å². The Morgan fingerprint density at radius 1 is 1.06 bits per heavy atom. The molecule has 0 saturated carbocycles. The third-order valence-corrected chi connectivity index (χ3v) is 4.32. The fourth-order valence-corrected chi connectivity index (χ4v) is 2.80. The predicted octanol–water partition coefficient (Wildman–Crippen LogP) is -1.94. The van der Waals surface area contributed by atoms with Gasteiger partial charge >= 0.3 is 0 Å². The van der Waals surface area contributed by atoms with E-state index in [4.69, 9.17) is 15.3 Å². The smallest absolute Gasteiger partial charge is 0.176 e. The van der Waals surface area contributed by atoms with E-state index in [0.29, 0.717) is 6.42 Å². The maximum atomic E-state index is 11.1. The monoisotopic (exact) mass is 271 g/mol. The summed E-state index contributed by atoms with van der Waals surface area (Å²) in [5, 5.41) is 25.5. The third-order valence-electron chi connectivity index (χ3n) is 3.04. The highest BCUT2D eigenvalue weighted by atomic mass is 32.2. The first-order valence-corrected chi connectivity index (χ1v) is 6.94. The number of hydrogen-bond acceptors (Lipinski definition) is 6. The molecule has 0 fully saturated rings. The van der Waals surface area contributed by atoms with Crippen LogP contribution in [0.1, 0.15) is 13.3 Å². The molecular weight excluding hydrogens is 250 g/mol. The quantitative estimate of drug-likeness (QED) is 0.332. The molecule has 1 unspecified atom stereocenters. The molecule has 3 N–H and O–H groups in total. The Labute approximate surface area is 102 Å². The van der Waals surface area contributed by atoms with Crippen LogP contribution in [0.2, 0.25) is 0 Å². The first-order valence-electron chi connectivity index (χ1n) is 5.47. The van der Waals surface area contributed by atoms with Gasteiger partial charge in [0.1, 0.15) is 23.2 Å². The van der Waals surface area contributed by atoms with Crippen molar-refractivity contribution in [3.8, 4) is 0 Å². The summed E-state index contributed by atoms with van der Waals surface area (Å²) in [6.45, 7) is 0.900. The van der Waals surface area contributed by atoms with Gasteiger partial charge < -0.3 is 24.4 Å². The van der Waals surface area contributed by atoms with E-state index in [1.54, 1.807) is 0 Å². The zero-order valence-corrected chi connectivity index (χ0v) is 10.8. The number of aliphatic hydroxyl groups excluding tert-OH is 3. The number of aliphatic hydroxyl groups is 3. The van der Waals surface area contributed by atoms with E-state index < -0.39 is 15.5 Å². The fourth-order valence-electron chi connectivity index (χ4n) is 1.94. The zero-order chi connectivity index (χ0) is 13.5. The van der Waals surface area contributed by atoms with Crippen molar-refractivity contribution in [2.45, 2.75) is 18.7 Å². The molecule has 0 aromatic heterocycles. The van der Waals surface area contributed by atoms with Crippen molar-refractivity contribution in [2.24, 2.45) is 0 Å². The highest BCUT2D eigenvalue weighted by Gasteiger charge is 2.36. The normalized spacial score (nSPS) is 14.9. The van der Waals surface area contributed by atoms with Gasteiger partial charge in [0.15, 0.2) is 5.37 Å². The van der Waals surface area contributed by atoms with Gasteiger partial charge in [0, 0.05) is 20.0 Å². The molecule has 17 heavy (non-hydrogen) atoms. The number of quaternary nitrogens is 1. The van der Waals surface area contributed by atoms with Crippen molar-refractivity contribution < 1.29 is 32.8 Å². The van der Waals surface area contributed by atoms with E-state index in [1.165, 1.54) is 6.92 Å². The van der Waals surface area contributed by atoms with Gasteiger partial charge in [-0.3, -0.25) is 0 Å². The third kappa shape index (κ3) is 4.86. The Kier molecular flexibility index (Phi) is 7.14. The Hall–Kier alpha value is -0.250. The molecule has 8 heteroatoms. The van der Waals surface area contributed by atoms with Crippen molar-refractivity contribution in [1.29, 1.82) is 0 Å². The Balaban J connectivity index is 5.13. The second-order valence-electron chi connectivity index (χ2n) is 4.01. The van der Waals surface area contributed by atoms with E-state index in [2.05, 4.69) is 0 Å². The van der Waals surface area contributed by atoms with Gasteiger partial charge in [-0.2, -0.15) is 0 Å². The first-order chi connectivity index (χ1) is 7.84. The van der Waals surface area contributed by atoms with Crippen LogP contribution in [0.25, 0.3) is 0 Å². The van der Waals surface area contributed by atoms with Crippen LogP contribution in [-0.4, -0.2) is 77.6 Å². The van der Waals surface area contributed by atoms with Crippen molar-refractivity contribution in [3.63, 3.8) is 0 Å². The molecule has 0 aliphatic carbocycles. The zero-order valence-electron chi connectivity index (χ0n) is 9.95.